The maximum absolute atomic E-state index is 10.00. The van der Waals surface area contributed by atoms with E-state index < -0.39 is 8.32 Å². The van der Waals surface area contributed by atoms with E-state index in [1.54, 1.807) is 24.3 Å². The SMILES string of the molecule is CC(C)(C)[Si](C)(C)Oc1cc(O)cc(C=Cc2ccc(O)cc2)c1. The van der Waals surface area contributed by atoms with Gasteiger partial charge in [-0.05, 0) is 53.5 Å². The molecule has 0 unspecified atom stereocenters. The highest BCUT2D eigenvalue weighted by molar-refractivity contribution is 6.74. The molecule has 2 N–H and O–H groups in total. The van der Waals surface area contributed by atoms with E-state index in [-0.39, 0.29) is 16.5 Å². The van der Waals surface area contributed by atoms with Crippen LogP contribution in [0.3, 0.4) is 0 Å². The van der Waals surface area contributed by atoms with Crippen molar-refractivity contribution in [3.8, 4) is 17.2 Å². The second-order valence-electron chi connectivity index (χ2n) is 7.55. The minimum Gasteiger partial charge on any atom is -0.543 e. The molecular formula is C20H26O3Si. The number of rotatable bonds is 4. The van der Waals surface area contributed by atoms with Gasteiger partial charge in [0.05, 0.1) is 0 Å². The Labute approximate surface area is 145 Å². The lowest BCUT2D eigenvalue weighted by Gasteiger charge is -2.36. The average molecular weight is 343 g/mol. The van der Waals surface area contributed by atoms with E-state index in [0.717, 1.165) is 11.1 Å². The van der Waals surface area contributed by atoms with Crippen LogP contribution in [0.15, 0.2) is 42.5 Å². The highest BCUT2D eigenvalue weighted by Crippen LogP contribution is 2.38. The number of aromatic hydroxyl groups is 2. The Morgan fingerprint density at radius 1 is 0.833 bits per heavy atom. The summed E-state index contributed by atoms with van der Waals surface area (Å²) in [5.74, 6) is 1.14. The Kier molecular flexibility index (Phi) is 5.09. The van der Waals surface area contributed by atoms with Crippen LogP contribution in [0.25, 0.3) is 12.2 Å². The first-order chi connectivity index (χ1) is 11.1. The average Bonchev–Trinajstić information content (AvgIpc) is 2.44. The summed E-state index contributed by atoms with van der Waals surface area (Å²) < 4.78 is 6.27. The first-order valence-corrected chi connectivity index (χ1v) is 11.0. The zero-order valence-electron chi connectivity index (χ0n) is 15.0. The van der Waals surface area contributed by atoms with Crippen LogP contribution in [-0.4, -0.2) is 18.5 Å². The van der Waals surface area contributed by atoms with Crippen LogP contribution in [0.1, 0.15) is 31.9 Å². The summed E-state index contributed by atoms with van der Waals surface area (Å²) in [6.07, 6.45) is 3.86. The molecule has 128 valence electrons. The smallest absolute Gasteiger partial charge is 0.250 e. The van der Waals surface area contributed by atoms with Crippen molar-refractivity contribution in [1.29, 1.82) is 0 Å². The van der Waals surface area contributed by atoms with Crippen molar-refractivity contribution in [1.82, 2.24) is 0 Å². The van der Waals surface area contributed by atoms with Crippen LogP contribution >= 0.6 is 0 Å². The summed E-state index contributed by atoms with van der Waals surface area (Å²) in [6.45, 7) is 10.9. The molecule has 0 aliphatic carbocycles. The number of hydrogen-bond donors (Lipinski definition) is 2. The second-order valence-corrected chi connectivity index (χ2v) is 12.3. The molecule has 0 saturated carbocycles. The lowest BCUT2D eigenvalue weighted by atomic mass is 10.1. The molecule has 2 aromatic carbocycles. The van der Waals surface area contributed by atoms with E-state index in [4.69, 9.17) is 4.43 Å². The zero-order chi connectivity index (χ0) is 18.0. The quantitative estimate of drug-likeness (QED) is 0.557. The molecule has 24 heavy (non-hydrogen) atoms. The largest absolute Gasteiger partial charge is 0.543 e. The molecule has 4 heteroatoms. The van der Waals surface area contributed by atoms with Crippen molar-refractivity contribution >= 4 is 20.5 Å². The van der Waals surface area contributed by atoms with Gasteiger partial charge in [0, 0.05) is 6.07 Å². The van der Waals surface area contributed by atoms with Gasteiger partial charge in [-0.3, -0.25) is 0 Å². The molecule has 0 aromatic heterocycles. The Hall–Kier alpha value is -2.20. The normalized spacial score (nSPS) is 12.5. The summed E-state index contributed by atoms with van der Waals surface area (Å²) in [4.78, 5) is 0. The topological polar surface area (TPSA) is 49.7 Å². The molecule has 0 heterocycles. The first-order valence-electron chi connectivity index (χ1n) is 8.07. The van der Waals surface area contributed by atoms with Crippen LogP contribution < -0.4 is 4.43 Å². The van der Waals surface area contributed by atoms with Crippen LogP contribution in [0.2, 0.25) is 18.1 Å². The zero-order valence-corrected chi connectivity index (χ0v) is 16.0. The molecule has 2 aromatic rings. The molecule has 0 radical (unpaired) electrons. The summed E-state index contributed by atoms with van der Waals surface area (Å²) in [5.41, 5.74) is 1.85. The maximum Gasteiger partial charge on any atom is 0.250 e. The van der Waals surface area contributed by atoms with E-state index >= 15 is 0 Å². The van der Waals surface area contributed by atoms with Gasteiger partial charge in [0.2, 0.25) is 8.32 Å². The van der Waals surface area contributed by atoms with E-state index in [1.807, 2.05) is 30.4 Å². The molecule has 0 aliphatic heterocycles. The first kappa shape index (κ1) is 18.1. The molecule has 0 aliphatic rings. The Bertz CT molecular complexity index is 726. The van der Waals surface area contributed by atoms with Gasteiger partial charge in [-0.2, -0.15) is 0 Å². The minimum absolute atomic E-state index is 0.0977. The third-order valence-corrected chi connectivity index (χ3v) is 8.81. The number of phenolic OH excluding ortho intramolecular Hbond substituents is 2. The van der Waals surface area contributed by atoms with Crippen LogP contribution in [0, 0.1) is 0 Å². The van der Waals surface area contributed by atoms with E-state index in [0.29, 0.717) is 5.75 Å². The molecular weight excluding hydrogens is 316 g/mol. The van der Waals surface area contributed by atoms with E-state index in [9.17, 15) is 10.2 Å². The lowest BCUT2D eigenvalue weighted by Crippen LogP contribution is -2.43. The molecule has 0 atom stereocenters. The van der Waals surface area contributed by atoms with Gasteiger partial charge in [-0.1, -0.05) is 45.1 Å². The lowest BCUT2D eigenvalue weighted by molar-refractivity contribution is 0.461. The van der Waals surface area contributed by atoms with Crippen molar-refractivity contribution in [3.63, 3.8) is 0 Å². The molecule has 0 bridgehead atoms. The second kappa shape index (κ2) is 6.73. The fourth-order valence-corrected chi connectivity index (χ4v) is 3.00. The molecule has 0 spiro atoms. The maximum atomic E-state index is 10.00. The van der Waals surface area contributed by atoms with Gasteiger partial charge in [-0.25, -0.2) is 0 Å². The monoisotopic (exact) mass is 342 g/mol. The van der Waals surface area contributed by atoms with Crippen molar-refractivity contribution in [3.05, 3.63) is 53.6 Å². The third kappa shape index (κ3) is 4.65. The van der Waals surface area contributed by atoms with Crippen LogP contribution in [-0.2, 0) is 0 Å². The highest BCUT2D eigenvalue weighted by Gasteiger charge is 2.39. The molecule has 3 nitrogen and oxygen atoms in total. The number of benzene rings is 2. The van der Waals surface area contributed by atoms with Crippen molar-refractivity contribution < 1.29 is 14.6 Å². The van der Waals surface area contributed by atoms with E-state index in [2.05, 4.69) is 33.9 Å². The van der Waals surface area contributed by atoms with Crippen LogP contribution in [0.5, 0.6) is 17.2 Å². The summed E-state index contributed by atoms with van der Waals surface area (Å²) in [5, 5.41) is 19.4. The summed E-state index contributed by atoms with van der Waals surface area (Å²) in [6, 6.07) is 12.3. The van der Waals surface area contributed by atoms with Gasteiger partial charge in [-0.15, -0.1) is 0 Å². The highest BCUT2D eigenvalue weighted by atomic mass is 28.4. The van der Waals surface area contributed by atoms with Gasteiger partial charge in [0.1, 0.15) is 17.2 Å². The Morgan fingerprint density at radius 3 is 2.00 bits per heavy atom. The predicted octanol–water partition coefficient (Wildman–Crippen LogP) is 5.65. The predicted molar refractivity (Wildman–Crippen MR) is 103 cm³/mol. The summed E-state index contributed by atoms with van der Waals surface area (Å²) in [7, 11) is -1.95. The molecule has 0 fully saturated rings. The standard InChI is InChI=1S/C20H26O3Si/c1-20(2,3)24(4,5)23-19-13-16(12-18(22)14-19)7-6-15-8-10-17(21)11-9-15/h6-14,21-22H,1-5H3. The minimum atomic E-state index is -1.95. The van der Waals surface area contributed by atoms with Crippen LogP contribution in [0.4, 0.5) is 0 Å². The van der Waals surface area contributed by atoms with Gasteiger partial charge >= 0.3 is 0 Å². The Morgan fingerprint density at radius 2 is 1.42 bits per heavy atom. The van der Waals surface area contributed by atoms with Crippen molar-refractivity contribution in [2.45, 2.75) is 38.9 Å². The van der Waals surface area contributed by atoms with Crippen molar-refractivity contribution in [2.75, 3.05) is 0 Å². The fraction of sp³-hybridized carbons (Fsp3) is 0.300. The fourth-order valence-electron chi connectivity index (χ4n) is 1.99. The molecule has 0 amide bonds. The van der Waals surface area contributed by atoms with Gasteiger partial charge < -0.3 is 14.6 Å². The summed E-state index contributed by atoms with van der Waals surface area (Å²) >= 11 is 0. The number of hydrogen-bond acceptors (Lipinski definition) is 3. The third-order valence-electron chi connectivity index (χ3n) is 4.45. The number of phenols is 2. The Balaban J connectivity index is 2.24. The van der Waals surface area contributed by atoms with Gasteiger partial charge in [0.25, 0.3) is 0 Å². The van der Waals surface area contributed by atoms with Gasteiger partial charge in [0.15, 0.2) is 0 Å². The van der Waals surface area contributed by atoms with E-state index in [1.165, 1.54) is 0 Å². The molecule has 0 saturated heterocycles. The van der Waals surface area contributed by atoms with Crippen molar-refractivity contribution in [2.24, 2.45) is 0 Å². The molecule has 2 rings (SSSR count).